The van der Waals surface area contributed by atoms with Crippen LogP contribution < -0.4 is 0 Å². The summed E-state index contributed by atoms with van der Waals surface area (Å²) >= 11 is 0. The number of unbranched alkanes of at least 4 members (excludes halogenated alkanes) is 3. The second-order valence-corrected chi connectivity index (χ2v) is 4.56. The molecule has 0 bridgehead atoms. The Balaban J connectivity index is 3.86. The summed E-state index contributed by atoms with van der Waals surface area (Å²) in [7, 11) is 0. The molecule has 0 fully saturated rings. The second kappa shape index (κ2) is 9.64. The third-order valence-corrected chi connectivity index (χ3v) is 2.95. The Labute approximate surface area is 99.8 Å². The van der Waals surface area contributed by atoms with E-state index in [1.54, 1.807) is 0 Å². The van der Waals surface area contributed by atoms with E-state index in [4.69, 9.17) is 5.11 Å². The highest BCUT2D eigenvalue weighted by atomic mass is 16.4. The van der Waals surface area contributed by atoms with Crippen LogP contribution in [0, 0.1) is 0 Å². The van der Waals surface area contributed by atoms with Gasteiger partial charge in [-0.25, -0.2) is 0 Å². The molecule has 0 aromatic rings. The maximum absolute atomic E-state index is 10.7. The molecule has 16 heavy (non-hydrogen) atoms. The first-order valence-corrected chi connectivity index (χ1v) is 6.57. The number of hydrogen-bond acceptors (Lipinski definition) is 2. The van der Waals surface area contributed by atoms with Crippen molar-refractivity contribution >= 4 is 5.97 Å². The molecule has 0 spiro atoms. The molecule has 0 aliphatic heterocycles. The average molecular weight is 229 g/mol. The highest BCUT2D eigenvalue weighted by Gasteiger charge is 2.15. The molecule has 96 valence electrons. The number of carboxylic acid groups (broad SMARTS) is 1. The van der Waals surface area contributed by atoms with E-state index >= 15 is 0 Å². The maximum atomic E-state index is 10.7. The molecule has 1 unspecified atom stereocenters. The van der Waals surface area contributed by atoms with Crippen molar-refractivity contribution in [2.24, 2.45) is 0 Å². The smallest absolute Gasteiger partial charge is 0.317 e. The largest absolute Gasteiger partial charge is 0.480 e. The van der Waals surface area contributed by atoms with Gasteiger partial charge in [0.2, 0.25) is 0 Å². The van der Waals surface area contributed by atoms with Gasteiger partial charge < -0.3 is 5.11 Å². The highest BCUT2D eigenvalue weighted by Crippen LogP contribution is 2.11. The van der Waals surface area contributed by atoms with Crippen molar-refractivity contribution in [3.63, 3.8) is 0 Å². The Morgan fingerprint density at radius 2 is 1.88 bits per heavy atom. The van der Waals surface area contributed by atoms with Crippen LogP contribution in [0.2, 0.25) is 0 Å². The standard InChI is InChI=1S/C13H27NO2/c1-4-6-7-8-9-12(3)14(10-5-2)11-13(15)16/h12H,4-11H2,1-3H3,(H,15,16). The van der Waals surface area contributed by atoms with Crippen LogP contribution in [0.4, 0.5) is 0 Å². The van der Waals surface area contributed by atoms with Crippen molar-refractivity contribution in [3.05, 3.63) is 0 Å². The van der Waals surface area contributed by atoms with Gasteiger partial charge in [0, 0.05) is 6.04 Å². The molecule has 3 nitrogen and oxygen atoms in total. The van der Waals surface area contributed by atoms with Crippen LogP contribution >= 0.6 is 0 Å². The van der Waals surface area contributed by atoms with E-state index in [0.717, 1.165) is 19.4 Å². The van der Waals surface area contributed by atoms with E-state index in [-0.39, 0.29) is 6.54 Å². The molecule has 0 aromatic heterocycles. The van der Waals surface area contributed by atoms with Crippen LogP contribution in [-0.4, -0.2) is 35.1 Å². The predicted octanol–water partition coefficient (Wildman–Crippen LogP) is 3.14. The molecule has 0 aliphatic carbocycles. The van der Waals surface area contributed by atoms with Gasteiger partial charge in [-0.2, -0.15) is 0 Å². The Morgan fingerprint density at radius 3 is 2.38 bits per heavy atom. The predicted molar refractivity (Wildman–Crippen MR) is 67.7 cm³/mol. The van der Waals surface area contributed by atoms with Crippen LogP contribution in [-0.2, 0) is 4.79 Å². The first kappa shape index (κ1) is 15.4. The zero-order valence-electron chi connectivity index (χ0n) is 11.0. The third-order valence-electron chi connectivity index (χ3n) is 2.95. The van der Waals surface area contributed by atoms with E-state index in [0.29, 0.717) is 6.04 Å². The van der Waals surface area contributed by atoms with Gasteiger partial charge in [0.1, 0.15) is 0 Å². The third kappa shape index (κ3) is 7.69. The minimum atomic E-state index is -0.714. The molecule has 3 heteroatoms. The zero-order chi connectivity index (χ0) is 12.4. The number of rotatable bonds is 10. The molecular formula is C13H27NO2. The van der Waals surface area contributed by atoms with Gasteiger partial charge in [0.25, 0.3) is 0 Å². The lowest BCUT2D eigenvalue weighted by molar-refractivity contribution is -0.138. The summed E-state index contributed by atoms with van der Waals surface area (Å²) in [4.78, 5) is 12.8. The molecular weight excluding hydrogens is 202 g/mol. The molecule has 0 radical (unpaired) electrons. The SMILES string of the molecule is CCCCCCC(C)N(CCC)CC(=O)O. The first-order chi connectivity index (χ1) is 7.61. The van der Waals surface area contributed by atoms with E-state index in [1.165, 1.54) is 25.7 Å². The lowest BCUT2D eigenvalue weighted by atomic mass is 10.1. The monoisotopic (exact) mass is 229 g/mol. The molecule has 0 aliphatic rings. The molecule has 0 amide bonds. The van der Waals surface area contributed by atoms with Crippen LogP contribution in [0.5, 0.6) is 0 Å². The molecule has 0 saturated carbocycles. The Hall–Kier alpha value is -0.570. The lowest BCUT2D eigenvalue weighted by Gasteiger charge is -2.27. The van der Waals surface area contributed by atoms with E-state index in [9.17, 15) is 4.79 Å². The van der Waals surface area contributed by atoms with Gasteiger partial charge in [-0.05, 0) is 26.3 Å². The number of carbonyl (C=O) groups is 1. The molecule has 0 heterocycles. The second-order valence-electron chi connectivity index (χ2n) is 4.56. The van der Waals surface area contributed by atoms with Gasteiger partial charge in [-0.3, -0.25) is 9.69 Å². The minimum Gasteiger partial charge on any atom is -0.480 e. The maximum Gasteiger partial charge on any atom is 0.317 e. The summed E-state index contributed by atoms with van der Waals surface area (Å²) in [5, 5.41) is 8.83. The van der Waals surface area contributed by atoms with E-state index in [2.05, 4.69) is 25.7 Å². The number of nitrogens with zero attached hydrogens (tertiary/aromatic N) is 1. The summed E-state index contributed by atoms with van der Waals surface area (Å²) in [6.45, 7) is 7.52. The van der Waals surface area contributed by atoms with Gasteiger partial charge in [-0.1, -0.05) is 39.5 Å². The Bertz CT molecular complexity index is 183. The zero-order valence-corrected chi connectivity index (χ0v) is 11.0. The van der Waals surface area contributed by atoms with Crippen molar-refractivity contribution < 1.29 is 9.90 Å². The molecule has 0 aromatic carbocycles. The summed E-state index contributed by atoms with van der Waals surface area (Å²) < 4.78 is 0. The Morgan fingerprint density at radius 1 is 1.19 bits per heavy atom. The highest BCUT2D eigenvalue weighted by molar-refractivity contribution is 5.69. The van der Waals surface area contributed by atoms with Crippen molar-refractivity contribution in [2.75, 3.05) is 13.1 Å². The fourth-order valence-electron chi connectivity index (χ4n) is 1.97. The van der Waals surface area contributed by atoms with Crippen LogP contribution in [0.1, 0.15) is 59.3 Å². The number of aliphatic carboxylic acids is 1. The van der Waals surface area contributed by atoms with Gasteiger partial charge in [0.15, 0.2) is 0 Å². The van der Waals surface area contributed by atoms with Crippen molar-refractivity contribution in [1.82, 2.24) is 4.90 Å². The quantitative estimate of drug-likeness (QED) is 0.585. The molecule has 0 saturated heterocycles. The fraction of sp³-hybridized carbons (Fsp3) is 0.923. The van der Waals surface area contributed by atoms with Crippen LogP contribution in [0.25, 0.3) is 0 Å². The van der Waals surface area contributed by atoms with Gasteiger partial charge >= 0.3 is 5.97 Å². The summed E-state index contributed by atoms with van der Waals surface area (Å²) in [6, 6.07) is 0.396. The first-order valence-electron chi connectivity index (χ1n) is 6.57. The van der Waals surface area contributed by atoms with E-state index in [1.807, 2.05) is 0 Å². The minimum absolute atomic E-state index is 0.183. The number of hydrogen-bond donors (Lipinski definition) is 1. The topological polar surface area (TPSA) is 40.5 Å². The summed E-state index contributed by atoms with van der Waals surface area (Å²) in [6.07, 6.45) is 7.17. The fourth-order valence-corrected chi connectivity index (χ4v) is 1.97. The Kier molecular flexibility index (Phi) is 9.30. The van der Waals surface area contributed by atoms with Gasteiger partial charge in [-0.15, -0.1) is 0 Å². The lowest BCUT2D eigenvalue weighted by Crippen LogP contribution is -2.37. The van der Waals surface area contributed by atoms with Gasteiger partial charge in [0.05, 0.1) is 6.54 Å². The van der Waals surface area contributed by atoms with Crippen LogP contribution in [0.15, 0.2) is 0 Å². The number of carboxylic acids is 1. The van der Waals surface area contributed by atoms with Crippen molar-refractivity contribution in [3.8, 4) is 0 Å². The average Bonchev–Trinajstić information content (AvgIpc) is 2.23. The van der Waals surface area contributed by atoms with Crippen LogP contribution in [0.3, 0.4) is 0 Å². The summed E-state index contributed by atoms with van der Waals surface area (Å²) in [5.74, 6) is -0.714. The van der Waals surface area contributed by atoms with Crippen molar-refractivity contribution in [2.45, 2.75) is 65.3 Å². The van der Waals surface area contributed by atoms with Crippen molar-refractivity contribution in [1.29, 1.82) is 0 Å². The normalized spacial score (nSPS) is 13.0. The molecule has 1 N–H and O–H groups in total. The molecule has 1 atom stereocenters. The summed E-state index contributed by atoms with van der Waals surface area (Å²) in [5.41, 5.74) is 0. The molecule has 0 rings (SSSR count). The van der Waals surface area contributed by atoms with E-state index < -0.39 is 5.97 Å².